The van der Waals surface area contributed by atoms with Crippen LogP contribution in [0.1, 0.15) is 15.9 Å². The number of para-hydroxylation sites is 1. The number of carbonyl (C=O) groups is 1. The highest BCUT2D eigenvalue weighted by Crippen LogP contribution is 2.30. The van der Waals surface area contributed by atoms with Crippen molar-refractivity contribution in [3.8, 4) is 5.75 Å². The Kier molecular flexibility index (Phi) is 4.34. The van der Waals surface area contributed by atoms with Gasteiger partial charge in [-0.2, -0.15) is 0 Å². The standard InChI is InChI=1S/C14H9BrF2O3/c15-10-5-2-4-9(14(18)19)13(10)20-7-8-3-1-6-11(16)12(8)17/h1-6H,7H2,(H,18,19). The van der Waals surface area contributed by atoms with Crippen molar-refractivity contribution < 1.29 is 23.4 Å². The Labute approximate surface area is 121 Å². The molecule has 0 saturated carbocycles. The van der Waals surface area contributed by atoms with Crippen LogP contribution in [0.25, 0.3) is 0 Å². The van der Waals surface area contributed by atoms with Gasteiger partial charge < -0.3 is 9.84 Å². The minimum Gasteiger partial charge on any atom is -0.487 e. The zero-order valence-electron chi connectivity index (χ0n) is 10.1. The molecule has 0 saturated heterocycles. The van der Waals surface area contributed by atoms with E-state index in [1.165, 1.54) is 18.2 Å². The smallest absolute Gasteiger partial charge is 0.339 e. The molecule has 0 heterocycles. The molecule has 2 aromatic carbocycles. The van der Waals surface area contributed by atoms with E-state index in [-0.39, 0.29) is 23.5 Å². The van der Waals surface area contributed by atoms with Gasteiger partial charge in [0.2, 0.25) is 0 Å². The molecule has 3 nitrogen and oxygen atoms in total. The molecule has 104 valence electrons. The second-order valence-electron chi connectivity index (χ2n) is 3.92. The first-order valence-electron chi connectivity index (χ1n) is 5.58. The van der Waals surface area contributed by atoms with Gasteiger partial charge in [-0.15, -0.1) is 0 Å². The van der Waals surface area contributed by atoms with Crippen LogP contribution < -0.4 is 4.74 Å². The number of carboxylic acid groups (broad SMARTS) is 1. The highest BCUT2D eigenvalue weighted by atomic mass is 79.9. The van der Waals surface area contributed by atoms with Gasteiger partial charge in [-0.25, -0.2) is 13.6 Å². The summed E-state index contributed by atoms with van der Waals surface area (Å²) in [5.74, 6) is -3.07. The average molecular weight is 343 g/mol. The predicted octanol–water partition coefficient (Wildman–Crippen LogP) is 4.00. The summed E-state index contributed by atoms with van der Waals surface area (Å²) in [6.07, 6.45) is 0. The van der Waals surface area contributed by atoms with Crippen molar-refractivity contribution in [2.45, 2.75) is 6.61 Å². The molecule has 0 unspecified atom stereocenters. The topological polar surface area (TPSA) is 46.5 Å². The fourth-order valence-electron chi connectivity index (χ4n) is 1.63. The van der Waals surface area contributed by atoms with Gasteiger partial charge in [0.05, 0.1) is 4.47 Å². The highest BCUT2D eigenvalue weighted by molar-refractivity contribution is 9.10. The molecule has 2 aromatic rings. The van der Waals surface area contributed by atoms with Crippen LogP contribution in [-0.4, -0.2) is 11.1 Å². The van der Waals surface area contributed by atoms with E-state index in [1.54, 1.807) is 12.1 Å². The van der Waals surface area contributed by atoms with E-state index < -0.39 is 17.6 Å². The monoisotopic (exact) mass is 342 g/mol. The molecule has 0 aliphatic carbocycles. The lowest BCUT2D eigenvalue weighted by Crippen LogP contribution is -2.05. The summed E-state index contributed by atoms with van der Waals surface area (Å²) in [7, 11) is 0. The fraction of sp³-hybridized carbons (Fsp3) is 0.0714. The third kappa shape index (κ3) is 2.96. The number of aromatic carboxylic acids is 1. The molecule has 0 spiro atoms. The fourth-order valence-corrected chi connectivity index (χ4v) is 2.11. The number of halogens is 3. The lowest BCUT2D eigenvalue weighted by Gasteiger charge is -2.11. The van der Waals surface area contributed by atoms with Crippen molar-refractivity contribution in [1.82, 2.24) is 0 Å². The van der Waals surface area contributed by atoms with Crippen molar-refractivity contribution >= 4 is 21.9 Å². The Morgan fingerprint density at radius 1 is 1.20 bits per heavy atom. The van der Waals surface area contributed by atoms with Gasteiger partial charge in [0.25, 0.3) is 0 Å². The number of hydrogen-bond acceptors (Lipinski definition) is 2. The van der Waals surface area contributed by atoms with Gasteiger partial charge in [-0.3, -0.25) is 0 Å². The average Bonchev–Trinajstić information content (AvgIpc) is 2.41. The van der Waals surface area contributed by atoms with E-state index in [2.05, 4.69) is 15.9 Å². The molecule has 6 heteroatoms. The zero-order chi connectivity index (χ0) is 14.7. The van der Waals surface area contributed by atoms with Gasteiger partial charge in [0.1, 0.15) is 17.9 Å². The van der Waals surface area contributed by atoms with Crippen molar-refractivity contribution in [1.29, 1.82) is 0 Å². The minimum absolute atomic E-state index is 0.0112. The van der Waals surface area contributed by atoms with Crippen LogP contribution in [-0.2, 0) is 6.61 Å². The van der Waals surface area contributed by atoms with Crippen molar-refractivity contribution in [2.75, 3.05) is 0 Å². The lowest BCUT2D eigenvalue weighted by atomic mass is 10.2. The van der Waals surface area contributed by atoms with Crippen molar-refractivity contribution in [3.05, 3.63) is 63.6 Å². The number of carboxylic acids is 1. The summed E-state index contributed by atoms with van der Waals surface area (Å²) >= 11 is 3.17. The summed E-state index contributed by atoms with van der Waals surface area (Å²) in [6, 6.07) is 8.24. The van der Waals surface area contributed by atoms with Crippen molar-refractivity contribution in [2.24, 2.45) is 0 Å². The van der Waals surface area contributed by atoms with Gasteiger partial charge in [-0.1, -0.05) is 18.2 Å². The largest absolute Gasteiger partial charge is 0.487 e. The zero-order valence-corrected chi connectivity index (χ0v) is 11.7. The maximum Gasteiger partial charge on any atom is 0.339 e. The second kappa shape index (κ2) is 6.00. The first-order chi connectivity index (χ1) is 9.50. The van der Waals surface area contributed by atoms with E-state index in [4.69, 9.17) is 9.84 Å². The van der Waals surface area contributed by atoms with E-state index in [0.717, 1.165) is 6.07 Å². The lowest BCUT2D eigenvalue weighted by molar-refractivity contribution is 0.0691. The van der Waals surface area contributed by atoms with Crippen LogP contribution in [0.3, 0.4) is 0 Å². The van der Waals surface area contributed by atoms with Gasteiger partial charge in [-0.05, 0) is 34.1 Å². The molecule has 2 rings (SSSR count). The summed E-state index contributed by atoms with van der Waals surface area (Å²) in [6.45, 7) is -0.271. The Morgan fingerprint density at radius 2 is 1.90 bits per heavy atom. The van der Waals surface area contributed by atoms with Crippen molar-refractivity contribution in [3.63, 3.8) is 0 Å². The molecular weight excluding hydrogens is 334 g/mol. The van der Waals surface area contributed by atoms with E-state index in [1.807, 2.05) is 0 Å². The summed E-state index contributed by atoms with van der Waals surface area (Å²) in [5.41, 5.74) is -0.0479. The summed E-state index contributed by atoms with van der Waals surface area (Å²) in [4.78, 5) is 11.1. The normalized spacial score (nSPS) is 10.3. The van der Waals surface area contributed by atoms with Crippen LogP contribution >= 0.6 is 15.9 Å². The molecule has 0 aliphatic rings. The number of rotatable bonds is 4. The molecule has 20 heavy (non-hydrogen) atoms. The van der Waals surface area contributed by atoms with Gasteiger partial charge in [0.15, 0.2) is 11.6 Å². The number of ether oxygens (including phenoxy) is 1. The first-order valence-corrected chi connectivity index (χ1v) is 6.37. The van der Waals surface area contributed by atoms with Crippen LogP contribution in [0.5, 0.6) is 5.75 Å². The van der Waals surface area contributed by atoms with E-state index in [9.17, 15) is 13.6 Å². The molecule has 0 aromatic heterocycles. The summed E-state index contributed by atoms with van der Waals surface area (Å²) < 4.78 is 32.3. The van der Waals surface area contributed by atoms with Crippen LogP contribution in [0.15, 0.2) is 40.9 Å². The molecule has 0 atom stereocenters. The quantitative estimate of drug-likeness (QED) is 0.913. The van der Waals surface area contributed by atoms with Gasteiger partial charge >= 0.3 is 5.97 Å². The Hall–Kier alpha value is -1.95. The third-order valence-electron chi connectivity index (χ3n) is 2.60. The molecule has 0 bridgehead atoms. The molecule has 0 aliphatic heterocycles. The van der Waals surface area contributed by atoms with Crippen LogP contribution in [0.2, 0.25) is 0 Å². The van der Waals surface area contributed by atoms with E-state index >= 15 is 0 Å². The highest BCUT2D eigenvalue weighted by Gasteiger charge is 2.15. The molecule has 1 N–H and O–H groups in total. The SMILES string of the molecule is O=C(O)c1cccc(Br)c1OCc1cccc(F)c1F. The number of benzene rings is 2. The Morgan fingerprint density at radius 3 is 2.60 bits per heavy atom. The van der Waals surface area contributed by atoms with Crippen LogP contribution in [0, 0.1) is 11.6 Å². The first kappa shape index (κ1) is 14.5. The molecule has 0 radical (unpaired) electrons. The Balaban J connectivity index is 2.27. The Bertz CT molecular complexity index is 659. The molecule has 0 amide bonds. The second-order valence-corrected chi connectivity index (χ2v) is 4.78. The maximum absolute atomic E-state index is 13.5. The molecule has 0 fully saturated rings. The third-order valence-corrected chi connectivity index (χ3v) is 3.23. The molecular formula is C14H9BrF2O3. The van der Waals surface area contributed by atoms with Crippen LogP contribution in [0.4, 0.5) is 8.78 Å². The minimum atomic E-state index is -1.17. The van der Waals surface area contributed by atoms with Gasteiger partial charge in [0, 0.05) is 5.56 Å². The summed E-state index contributed by atoms with van der Waals surface area (Å²) in [5, 5.41) is 9.05. The maximum atomic E-state index is 13.5. The number of hydrogen-bond donors (Lipinski definition) is 1. The van der Waals surface area contributed by atoms with E-state index in [0.29, 0.717) is 4.47 Å². The predicted molar refractivity (Wildman–Crippen MR) is 71.8 cm³/mol.